The normalized spacial score (nSPS) is 43.1. The van der Waals surface area contributed by atoms with E-state index in [2.05, 4.69) is 35.6 Å². The summed E-state index contributed by atoms with van der Waals surface area (Å²) in [5.41, 5.74) is 0. The highest BCUT2D eigenvalue weighted by Gasteiger charge is 2.38. The van der Waals surface area contributed by atoms with Gasteiger partial charge in [-0.3, -0.25) is 9.80 Å². The number of likely N-dealkylation sites (tertiary alicyclic amines) is 1. The molecule has 0 bridgehead atoms. The van der Waals surface area contributed by atoms with Crippen LogP contribution in [0.15, 0.2) is 0 Å². The van der Waals surface area contributed by atoms with Crippen molar-refractivity contribution in [1.82, 2.24) is 14.7 Å². The van der Waals surface area contributed by atoms with E-state index < -0.39 is 0 Å². The quantitative estimate of drug-likeness (QED) is 0.717. The Morgan fingerprint density at radius 1 is 0.895 bits per heavy atom. The lowest BCUT2D eigenvalue weighted by Crippen LogP contribution is -2.63. The van der Waals surface area contributed by atoms with E-state index in [0.29, 0.717) is 0 Å². The Hall–Kier alpha value is -0.120. The van der Waals surface area contributed by atoms with Crippen LogP contribution >= 0.6 is 0 Å². The molecule has 4 unspecified atom stereocenters. The molecule has 3 rings (SSSR count). The predicted octanol–water partition coefficient (Wildman–Crippen LogP) is 1.89. The van der Waals surface area contributed by atoms with Gasteiger partial charge in [-0.2, -0.15) is 0 Å². The standard InChI is InChI=1S/C16H31N3/c1-13-10-17(3)9-7-16(13)19-12-15-6-4-5-8-18(15)11-14(19)2/h13-16H,4-12H2,1-3H3. The zero-order chi connectivity index (χ0) is 13.4. The maximum Gasteiger partial charge on any atom is 0.0224 e. The van der Waals surface area contributed by atoms with Gasteiger partial charge in [-0.15, -0.1) is 0 Å². The smallest absolute Gasteiger partial charge is 0.0224 e. The fourth-order valence-electron chi connectivity index (χ4n) is 4.67. The molecule has 3 aliphatic heterocycles. The predicted molar refractivity (Wildman–Crippen MR) is 80.4 cm³/mol. The van der Waals surface area contributed by atoms with Crippen molar-refractivity contribution in [1.29, 1.82) is 0 Å². The number of piperazine rings is 1. The molecule has 0 saturated carbocycles. The molecule has 0 aliphatic carbocycles. The molecular weight excluding hydrogens is 234 g/mol. The van der Waals surface area contributed by atoms with Gasteiger partial charge in [-0.05, 0) is 52.2 Å². The molecule has 3 saturated heterocycles. The lowest BCUT2D eigenvalue weighted by atomic mass is 9.88. The van der Waals surface area contributed by atoms with Gasteiger partial charge in [0.05, 0.1) is 0 Å². The fraction of sp³-hybridized carbons (Fsp3) is 1.00. The number of hydrogen-bond acceptors (Lipinski definition) is 3. The van der Waals surface area contributed by atoms with Crippen molar-refractivity contribution >= 4 is 0 Å². The number of piperidine rings is 2. The van der Waals surface area contributed by atoms with Gasteiger partial charge in [0, 0.05) is 37.8 Å². The molecule has 3 heteroatoms. The van der Waals surface area contributed by atoms with Crippen molar-refractivity contribution in [2.75, 3.05) is 39.8 Å². The molecule has 110 valence electrons. The zero-order valence-electron chi connectivity index (χ0n) is 13.0. The Morgan fingerprint density at radius 2 is 1.74 bits per heavy atom. The van der Waals surface area contributed by atoms with Crippen molar-refractivity contribution in [3.63, 3.8) is 0 Å². The lowest BCUT2D eigenvalue weighted by molar-refractivity contribution is -0.0363. The second-order valence-corrected chi connectivity index (χ2v) is 7.29. The second kappa shape index (κ2) is 5.71. The molecular formula is C16H31N3. The van der Waals surface area contributed by atoms with Gasteiger partial charge in [0.1, 0.15) is 0 Å². The third-order valence-corrected chi connectivity index (χ3v) is 5.72. The van der Waals surface area contributed by atoms with E-state index in [0.717, 1.165) is 24.0 Å². The Morgan fingerprint density at radius 3 is 2.53 bits per heavy atom. The van der Waals surface area contributed by atoms with Crippen LogP contribution in [0.4, 0.5) is 0 Å². The average Bonchev–Trinajstić information content (AvgIpc) is 2.38. The van der Waals surface area contributed by atoms with E-state index in [-0.39, 0.29) is 0 Å². The minimum Gasteiger partial charge on any atom is -0.306 e. The molecule has 3 nitrogen and oxygen atoms in total. The first-order valence-electron chi connectivity index (χ1n) is 8.33. The second-order valence-electron chi connectivity index (χ2n) is 7.29. The molecule has 0 amide bonds. The van der Waals surface area contributed by atoms with Crippen LogP contribution in [0.2, 0.25) is 0 Å². The average molecular weight is 265 g/mol. The zero-order valence-corrected chi connectivity index (χ0v) is 13.0. The molecule has 0 N–H and O–H groups in total. The third kappa shape index (κ3) is 2.84. The topological polar surface area (TPSA) is 9.72 Å². The van der Waals surface area contributed by atoms with Crippen LogP contribution < -0.4 is 0 Å². The first-order valence-corrected chi connectivity index (χ1v) is 8.33. The van der Waals surface area contributed by atoms with Crippen molar-refractivity contribution in [3.8, 4) is 0 Å². The third-order valence-electron chi connectivity index (χ3n) is 5.72. The summed E-state index contributed by atoms with van der Waals surface area (Å²) < 4.78 is 0. The van der Waals surface area contributed by atoms with E-state index in [9.17, 15) is 0 Å². The number of hydrogen-bond donors (Lipinski definition) is 0. The Balaban J connectivity index is 1.66. The molecule has 0 spiro atoms. The highest BCUT2D eigenvalue weighted by Crippen LogP contribution is 2.30. The van der Waals surface area contributed by atoms with Crippen LogP contribution in [-0.4, -0.2) is 72.6 Å². The van der Waals surface area contributed by atoms with Crippen molar-refractivity contribution in [2.24, 2.45) is 5.92 Å². The van der Waals surface area contributed by atoms with E-state index in [1.165, 1.54) is 58.4 Å². The highest BCUT2D eigenvalue weighted by atomic mass is 15.3. The molecule has 0 aromatic rings. The monoisotopic (exact) mass is 265 g/mol. The maximum atomic E-state index is 2.87. The van der Waals surface area contributed by atoms with Crippen LogP contribution in [0, 0.1) is 5.92 Å². The summed E-state index contributed by atoms with van der Waals surface area (Å²) in [6.07, 6.45) is 5.68. The summed E-state index contributed by atoms with van der Waals surface area (Å²) in [5, 5.41) is 0. The lowest BCUT2D eigenvalue weighted by Gasteiger charge is -2.52. The first-order chi connectivity index (χ1) is 9.15. The minimum atomic E-state index is 0.755. The van der Waals surface area contributed by atoms with Gasteiger partial charge in [0.2, 0.25) is 0 Å². The number of fused-ring (bicyclic) bond motifs is 1. The summed E-state index contributed by atoms with van der Waals surface area (Å²) in [7, 11) is 2.27. The van der Waals surface area contributed by atoms with Gasteiger partial charge in [-0.1, -0.05) is 13.3 Å². The fourth-order valence-corrected chi connectivity index (χ4v) is 4.67. The van der Waals surface area contributed by atoms with Gasteiger partial charge < -0.3 is 4.90 Å². The number of nitrogens with zero attached hydrogens (tertiary/aromatic N) is 3. The van der Waals surface area contributed by atoms with Crippen LogP contribution in [0.1, 0.15) is 39.5 Å². The van der Waals surface area contributed by atoms with E-state index >= 15 is 0 Å². The largest absolute Gasteiger partial charge is 0.306 e. The van der Waals surface area contributed by atoms with Crippen LogP contribution in [0.3, 0.4) is 0 Å². The van der Waals surface area contributed by atoms with Crippen molar-refractivity contribution in [3.05, 3.63) is 0 Å². The molecule has 3 fully saturated rings. The summed E-state index contributed by atoms with van der Waals surface area (Å²) in [6, 6.07) is 2.44. The van der Waals surface area contributed by atoms with Crippen LogP contribution in [0.5, 0.6) is 0 Å². The van der Waals surface area contributed by atoms with E-state index in [1.807, 2.05) is 0 Å². The van der Waals surface area contributed by atoms with Gasteiger partial charge in [0.15, 0.2) is 0 Å². The number of rotatable bonds is 1. The van der Waals surface area contributed by atoms with Gasteiger partial charge in [-0.25, -0.2) is 0 Å². The molecule has 0 aromatic heterocycles. The minimum absolute atomic E-state index is 0.755. The van der Waals surface area contributed by atoms with Crippen LogP contribution in [-0.2, 0) is 0 Å². The Bertz CT molecular complexity index is 306. The van der Waals surface area contributed by atoms with E-state index in [4.69, 9.17) is 0 Å². The van der Waals surface area contributed by atoms with Gasteiger partial charge >= 0.3 is 0 Å². The molecule has 3 aliphatic rings. The van der Waals surface area contributed by atoms with Crippen LogP contribution in [0.25, 0.3) is 0 Å². The summed E-state index contributed by atoms with van der Waals surface area (Å²) in [4.78, 5) is 8.14. The van der Waals surface area contributed by atoms with Gasteiger partial charge in [0.25, 0.3) is 0 Å². The van der Waals surface area contributed by atoms with E-state index in [1.54, 1.807) is 0 Å². The highest BCUT2D eigenvalue weighted by molar-refractivity contribution is 4.94. The molecule has 0 radical (unpaired) electrons. The maximum absolute atomic E-state index is 2.87. The molecule has 3 heterocycles. The van der Waals surface area contributed by atoms with Crippen molar-refractivity contribution < 1.29 is 0 Å². The first kappa shape index (κ1) is 13.8. The molecule has 4 atom stereocenters. The summed E-state index contributed by atoms with van der Waals surface area (Å²) in [6.45, 7) is 11.5. The Labute approximate surface area is 118 Å². The Kier molecular flexibility index (Phi) is 4.16. The summed E-state index contributed by atoms with van der Waals surface area (Å²) in [5.74, 6) is 0.830. The SMILES string of the molecule is CC1CN(C)CCC1N1CC2CCCCN2CC1C. The summed E-state index contributed by atoms with van der Waals surface area (Å²) >= 11 is 0. The molecule has 19 heavy (non-hydrogen) atoms. The van der Waals surface area contributed by atoms with Crippen molar-refractivity contribution in [2.45, 2.75) is 57.7 Å². The molecule has 0 aromatic carbocycles.